The van der Waals surface area contributed by atoms with E-state index >= 15 is 0 Å². The molecule has 0 bridgehead atoms. The SMILES string of the molecule is CN=C(NCCCS(=O)(=O)c1ccccc1)NCCc1ccc(OC)c(OC)c1. The molecule has 0 fully saturated rings. The van der Waals surface area contributed by atoms with Crippen molar-refractivity contribution in [2.24, 2.45) is 4.99 Å². The van der Waals surface area contributed by atoms with Gasteiger partial charge in [0.1, 0.15) is 0 Å². The molecule has 0 aromatic heterocycles. The molecule has 0 aliphatic carbocycles. The van der Waals surface area contributed by atoms with Gasteiger partial charge >= 0.3 is 0 Å². The number of guanidine groups is 1. The van der Waals surface area contributed by atoms with Crippen LogP contribution in [-0.2, 0) is 16.3 Å². The lowest BCUT2D eigenvalue weighted by Gasteiger charge is -2.13. The van der Waals surface area contributed by atoms with Crippen molar-refractivity contribution in [2.45, 2.75) is 17.7 Å². The molecule has 0 amide bonds. The molecule has 158 valence electrons. The number of nitrogens with zero attached hydrogens (tertiary/aromatic N) is 1. The van der Waals surface area contributed by atoms with E-state index in [2.05, 4.69) is 15.6 Å². The molecule has 0 spiro atoms. The largest absolute Gasteiger partial charge is 0.493 e. The first kappa shape index (κ1) is 22.5. The molecule has 0 saturated carbocycles. The highest BCUT2D eigenvalue weighted by molar-refractivity contribution is 7.91. The minimum absolute atomic E-state index is 0.0899. The summed E-state index contributed by atoms with van der Waals surface area (Å²) in [4.78, 5) is 4.53. The van der Waals surface area contributed by atoms with Crippen LogP contribution in [0.15, 0.2) is 58.4 Å². The van der Waals surface area contributed by atoms with E-state index in [0.29, 0.717) is 41.9 Å². The fraction of sp³-hybridized carbons (Fsp3) is 0.381. The lowest BCUT2D eigenvalue weighted by atomic mass is 10.1. The third-order valence-electron chi connectivity index (χ3n) is 4.36. The van der Waals surface area contributed by atoms with Gasteiger partial charge in [-0.25, -0.2) is 8.42 Å². The van der Waals surface area contributed by atoms with Crippen LogP contribution in [0.1, 0.15) is 12.0 Å². The number of ether oxygens (including phenoxy) is 2. The standard InChI is InChI=1S/C21H29N3O4S/c1-22-21(23-13-7-15-29(25,26)18-8-5-4-6-9-18)24-14-12-17-10-11-19(27-2)20(16-17)28-3/h4-6,8-11,16H,7,12-15H2,1-3H3,(H2,22,23,24). The van der Waals surface area contributed by atoms with Crippen LogP contribution in [0.4, 0.5) is 0 Å². The monoisotopic (exact) mass is 419 g/mol. The Morgan fingerprint density at radius 1 is 0.966 bits per heavy atom. The van der Waals surface area contributed by atoms with Crippen molar-refractivity contribution >= 4 is 15.8 Å². The highest BCUT2D eigenvalue weighted by Gasteiger charge is 2.13. The molecular weight excluding hydrogens is 390 g/mol. The average molecular weight is 420 g/mol. The fourth-order valence-corrected chi connectivity index (χ4v) is 4.13. The number of nitrogens with one attached hydrogen (secondary N) is 2. The number of rotatable bonds is 10. The minimum Gasteiger partial charge on any atom is -0.493 e. The van der Waals surface area contributed by atoms with Crippen LogP contribution in [0.3, 0.4) is 0 Å². The third kappa shape index (κ3) is 6.98. The fourth-order valence-electron chi connectivity index (χ4n) is 2.80. The summed E-state index contributed by atoms with van der Waals surface area (Å²) in [6, 6.07) is 14.3. The summed E-state index contributed by atoms with van der Waals surface area (Å²) in [5.41, 5.74) is 1.11. The zero-order valence-electron chi connectivity index (χ0n) is 17.1. The van der Waals surface area contributed by atoms with Gasteiger partial charge in [-0.05, 0) is 42.7 Å². The Bertz CT molecular complexity index is 899. The summed E-state index contributed by atoms with van der Waals surface area (Å²) in [6.45, 7) is 1.19. The van der Waals surface area contributed by atoms with Gasteiger partial charge in [0, 0.05) is 20.1 Å². The number of hydrogen-bond donors (Lipinski definition) is 2. The number of benzene rings is 2. The van der Waals surface area contributed by atoms with Gasteiger partial charge < -0.3 is 20.1 Å². The number of sulfone groups is 1. The van der Waals surface area contributed by atoms with Crippen molar-refractivity contribution < 1.29 is 17.9 Å². The zero-order chi connectivity index (χ0) is 21.1. The number of hydrogen-bond acceptors (Lipinski definition) is 5. The summed E-state index contributed by atoms with van der Waals surface area (Å²) >= 11 is 0. The van der Waals surface area contributed by atoms with Crippen LogP contribution in [0.2, 0.25) is 0 Å². The minimum atomic E-state index is -3.25. The molecule has 0 radical (unpaired) electrons. The van der Waals surface area contributed by atoms with Crippen LogP contribution in [0.25, 0.3) is 0 Å². The van der Waals surface area contributed by atoms with Crippen LogP contribution >= 0.6 is 0 Å². The highest BCUT2D eigenvalue weighted by Crippen LogP contribution is 2.27. The van der Waals surface area contributed by atoms with Crippen molar-refractivity contribution in [2.75, 3.05) is 40.1 Å². The Labute approximate surface area is 173 Å². The third-order valence-corrected chi connectivity index (χ3v) is 6.18. The Kier molecular flexibility index (Phi) is 8.79. The molecule has 0 heterocycles. The second-order valence-corrected chi connectivity index (χ2v) is 8.46. The number of methoxy groups -OCH3 is 2. The Morgan fingerprint density at radius 3 is 2.31 bits per heavy atom. The molecule has 8 heteroatoms. The molecular formula is C21H29N3O4S. The molecule has 29 heavy (non-hydrogen) atoms. The predicted molar refractivity (Wildman–Crippen MR) is 116 cm³/mol. The second kappa shape index (κ2) is 11.3. The summed E-state index contributed by atoms with van der Waals surface area (Å²) in [5.74, 6) is 2.13. The summed E-state index contributed by atoms with van der Waals surface area (Å²) in [5, 5.41) is 6.38. The normalized spacial score (nSPS) is 11.8. The van der Waals surface area contributed by atoms with Gasteiger partial charge in [0.25, 0.3) is 0 Å². The molecule has 0 saturated heterocycles. The first-order valence-electron chi connectivity index (χ1n) is 9.43. The van der Waals surface area contributed by atoms with Crippen molar-refractivity contribution in [3.63, 3.8) is 0 Å². The Morgan fingerprint density at radius 2 is 1.66 bits per heavy atom. The van der Waals surface area contributed by atoms with Crippen LogP contribution in [0, 0.1) is 0 Å². The predicted octanol–water partition coefficient (Wildman–Crippen LogP) is 2.28. The molecule has 2 N–H and O–H groups in total. The van der Waals surface area contributed by atoms with E-state index in [-0.39, 0.29) is 5.75 Å². The Hall–Kier alpha value is -2.74. The number of aliphatic imine (C=N–C) groups is 1. The van der Waals surface area contributed by atoms with Gasteiger partial charge in [0.05, 0.1) is 24.9 Å². The van der Waals surface area contributed by atoms with Gasteiger partial charge in [-0.1, -0.05) is 24.3 Å². The van der Waals surface area contributed by atoms with E-state index in [1.54, 1.807) is 51.6 Å². The van der Waals surface area contributed by atoms with E-state index in [4.69, 9.17) is 9.47 Å². The average Bonchev–Trinajstić information content (AvgIpc) is 2.75. The maximum atomic E-state index is 12.3. The first-order valence-corrected chi connectivity index (χ1v) is 11.1. The van der Waals surface area contributed by atoms with Gasteiger partial charge in [0.2, 0.25) is 0 Å². The molecule has 0 atom stereocenters. The molecule has 0 aliphatic heterocycles. The summed E-state index contributed by atoms with van der Waals surface area (Å²) in [7, 11) is 1.66. The summed E-state index contributed by atoms with van der Waals surface area (Å²) in [6.07, 6.45) is 1.27. The van der Waals surface area contributed by atoms with Crippen LogP contribution < -0.4 is 20.1 Å². The molecule has 0 unspecified atom stereocenters. The molecule has 0 aliphatic rings. The second-order valence-electron chi connectivity index (χ2n) is 6.35. The van der Waals surface area contributed by atoms with Gasteiger partial charge in [0.15, 0.2) is 27.3 Å². The lowest BCUT2D eigenvalue weighted by Crippen LogP contribution is -2.39. The van der Waals surface area contributed by atoms with E-state index < -0.39 is 9.84 Å². The highest BCUT2D eigenvalue weighted by atomic mass is 32.2. The summed E-state index contributed by atoms with van der Waals surface area (Å²) < 4.78 is 35.1. The van der Waals surface area contributed by atoms with Crippen molar-refractivity contribution in [1.29, 1.82) is 0 Å². The smallest absolute Gasteiger partial charge is 0.190 e. The lowest BCUT2D eigenvalue weighted by molar-refractivity contribution is 0.354. The van der Waals surface area contributed by atoms with Gasteiger partial charge in [-0.3, -0.25) is 4.99 Å². The van der Waals surface area contributed by atoms with Crippen LogP contribution in [0.5, 0.6) is 11.5 Å². The molecule has 2 rings (SSSR count). The van der Waals surface area contributed by atoms with E-state index in [1.165, 1.54) is 0 Å². The molecule has 7 nitrogen and oxygen atoms in total. The van der Waals surface area contributed by atoms with E-state index in [0.717, 1.165) is 12.0 Å². The van der Waals surface area contributed by atoms with Gasteiger partial charge in [-0.15, -0.1) is 0 Å². The molecule has 2 aromatic carbocycles. The van der Waals surface area contributed by atoms with Crippen molar-refractivity contribution in [3.05, 3.63) is 54.1 Å². The van der Waals surface area contributed by atoms with Crippen molar-refractivity contribution in [1.82, 2.24) is 10.6 Å². The van der Waals surface area contributed by atoms with Crippen LogP contribution in [-0.4, -0.2) is 54.5 Å². The first-order chi connectivity index (χ1) is 14.0. The van der Waals surface area contributed by atoms with Crippen molar-refractivity contribution in [3.8, 4) is 11.5 Å². The van der Waals surface area contributed by atoms with E-state index in [1.807, 2.05) is 18.2 Å². The van der Waals surface area contributed by atoms with Gasteiger partial charge in [-0.2, -0.15) is 0 Å². The zero-order valence-corrected chi connectivity index (χ0v) is 18.0. The maximum absolute atomic E-state index is 12.3. The maximum Gasteiger partial charge on any atom is 0.190 e. The Balaban J connectivity index is 1.74. The van der Waals surface area contributed by atoms with E-state index in [9.17, 15) is 8.42 Å². The molecule has 2 aromatic rings. The topological polar surface area (TPSA) is 89.0 Å². The quantitative estimate of drug-likeness (QED) is 0.349.